The summed E-state index contributed by atoms with van der Waals surface area (Å²) in [6.07, 6.45) is 5.64. The van der Waals surface area contributed by atoms with E-state index in [-0.39, 0.29) is 31.6 Å². The molecule has 35 heavy (non-hydrogen) atoms. The first-order valence-corrected chi connectivity index (χ1v) is 12.3. The predicted molar refractivity (Wildman–Crippen MR) is 126 cm³/mol. The number of hydrogen-bond donors (Lipinski definition) is 2. The number of halogens is 3. The largest absolute Gasteiger partial charge is 0.454 e. The molecule has 0 aromatic heterocycles. The van der Waals surface area contributed by atoms with E-state index in [4.69, 9.17) is 14.5 Å². The number of alkyl halides is 3. The summed E-state index contributed by atoms with van der Waals surface area (Å²) >= 11 is 0. The van der Waals surface area contributed by atoms with Gasteiger partial charge in [-0.05, 0) is 49.4 Å². The van der Waals surface area contributed by atoms with Gasteiger partial charge in [-0.15, -0.1) is 0 Å². The molecule has 0 aliphatic carbocycles. The zero-order valence-electron chi connectivity index (χ0n) is 19.9. The van der Waals surface area contributed by atoms with E-state index in [9.17, 15) is 18.3 Å². The van der Waals surface area contributed by atoms with E-state index in [0.717, 1.165) is 36.5 Å². The fraction of sp³-hybridized carbons (Fsp3) is 0.640. The normalized spacial score (nSPS) is 26.9. The smallest absolute Gasteiger partial charge is 0.283 e. The van der Waals surface area contributed by atoms with Crippen molar-refractivity contribution < 1.29 is 27.8 Å². The Morgan fingerprint density at radius 1 is 1.23 bits per heavy atom. The van der Waals surface area contributed by atoms with Gasteiger partial charge in [0, 0.05) is 37.6 Å². The molecule has 10 heteroatoms. The molecular formula is C25H33F3N4O3. The van der Waals surface area contributed by atoms with Crippen LogP contribution in [0.5, 0.6) is 11.5 Å². The van der Waals surface area contributed by atoms with E-state index in [1.54, 1.807) is 11.1 Å². The van der Waals surface area contributed by atoms with Crippen molar-refractivity contribution in [2.45, 2.75) is 56.3 Å². The number of dihydropyridines is 1. The van der Waals surface area contributed by atoms with Gasteiger partial charge in [-0.3, -0.25) is 19.2 Å². The van der Waals surface area contributed by atoms with Gasteiger partial charge in [-0.25, -0.2) is 8.78 Å². The predicted octanol–water partition coefficient (Wildman–Crippen LogP) is 2.69. The van der Waals surface area contributed by atoms with Gasteiger partial charge in [0.2, 0.25) is 6.79 Å². The monoisotopic (exact) mass is 494 g/mol. The molecule has 4 heterocycles. The lowest BCUT2D eigenvalue weighted by molar-refractivity contribution is -0.0915. The Labute approximate surface area is 203 Å². The molecule has 0 spiro atoms. The third-order valence-corrected chi connectivity index (χ3v) is 7.32. The Morgan fingerprint density at radius 2 is 2.00 bits per heavy atom. The van der Waals surface area contributed by atoms with E-state index in [0.29, 0.717) is 36.8 Å². The minimum absolute atomic E-state index is 0.149. The number of fused-ring (bicyclic) bond motifs is 2. The Morgan fingerprint density at radius 3 is 2.69 bits per heavy atom. The molecule has 4 aliphatic heterocycles. The first-order valence-electron chi connectivity index (χ1n) is 12.3. The molecule has 4 aliphatic rings. The molecule has 1 aromatic carbocycles. The number of aliphatic imine (C=N–C) groups is 1. The summed E-state index contributed by atoms with van der Waals surface area (Å²) in [5.41, 5.74) is 2.91. The summed E-state index contributed by atoms with van der Waals surface area (Å²) in [4.78, 5) is 8.80. The minimum Gasteiger partial charge on any atom is -0.454 e. The van der Waals surface area contributed by atoms with Crippen molar-refractivity contribution in [1.29, 1.82) is 0 Å². The summed E-state index contributed by atoms with van der Waals surface area (Å²) in [6, 6.07) is 3.39. The van der Waals surface area contributed by atoms with Crippen molar-refractivity contribution in [2.75, 3.05) is 46.3 Å². The van der Waals surface area contributed by atoms with Gasteiger partial charge in [-0.1, -0.05) is 6.08 Å². The second-order valence-corrected chi connectivity index (χ2v) is 9.97. The highest BCUT2D eigenvalue weighted by molar-refractivity contribution is 5.79. The van der Waals surface area contributed by atoms with Crippen molar-refractivity contribution in [3.8, 4) is 11.5 Å². The van der Waals surface area contributed by atoms with E-state index < -0.39 is 19.1 Å². The number of rotatable bonds is 9. The number of hydrogen-bond acceptors (Lipinski definition) is 7. The van der Waals surface area contributed by atoms with Crippen LogP contribution in [0, 0.1) is 0 Å². The van der Waals surface area contributed by atoms with Crippen LogP contribution in [-0.4, -0.2) is 91.4 Å². The maximum Gasteiger partial charge on any atom is 0.283 e. The maximum absolute atomic E-state index is 14.4. The molecule has 0 amide bonds. The summed E-state index contributed by atoms with van der Waals surface area (Å²) in [6.45, 7) is 2.59. The SMILES string of the molecule is C[C@@H]1Cc2cc3c(cc2[C@@H](C2CC=C(NC4CN(CCCF)C4)C=N2)N1CC(F)(F)CO)OCO3. The molecule has 3 atom stereocenters. The third-order valence-electron chi connectivity index (χ3n) is 7.32. The summed E-state index contributed by atoms with van der Waals surface area (Å²) in [5, 5.41) is 12.7. The summed E-state index contributed by atoms with van der Waals surface area (Å²) < 4.78 is 52.3. The van der Waals surface area contributed by atoms with Gasteiger partial charge in [0.05, 0.1) is 31.3 Å². The van der Waals surface area contributed by atoms with Gasteiger partial charge in [0.25, 0.3) is 5.92 Å². The molecule has 1 fully saturated rings. The lowest BCUT2D eigenvalue weighted by Gasteiger charge is -2.46. The highest BCUT2D eigenvalue weighted by atomic mass is 19.3. The molecule has 5 rings (SSSR count). The molecule has 2 N–H and O–H groups in total. The van der Waals surface area contributed by atoms with Crippen LogP contribution in [0.25, 0.3) is 0 Å². The third kappa shape index (κ3) is 5.15. The Kier molecular flexibility index (Phi) is 6.96. The molecule has 0 saturated carbocycles. The molecule has 1 unspecified atom stereocenters. The lowest BCUT2D eigenvalue weighted by Crippen LogP contribution is -2.58. The molecular weight excluding hydrogens is 461 g/mol. The standard InChI is InChI=1S/C25H33F3N4O3/c1-16-7-17-8-22-23(35-15-34-22)9-20(17)24(32(16)13-25(27,28)14-33)21-4-3-18(10-29-21)30-19-11-31(12-19)6-2-5-26/h3,8-10,16,19,21,24,30,33H,2,4-7,11-15H2,1H3/t16-,21?,24+/m1/s1. The first kappa shape index (κ1) is 24.4. The Balaban J connectivity index is 1.33. The van der Waals surface area contributed by atoms with Crippen LogP contribution in [0.3, 0.4) is 0 Å². The molecule has 1 aromatic rings. The quantitative estimate of drug-likeness (QED) is 0.550. The molecule has 0 bridgehead atoms. The molecule has 7 nitrogen and oxygen atoms in total. The van der Waals surface area contributed by atoms with Crippen molar-refractivity contribution >= 4 is 6.21 Å². The Hall–Kier alpha value is -2.30. The number of allylic oxidation sites excluding steroid dienone is 1. The Bertz CT molecular complexity index is 983. The number of likely N-dealkylation sites (tertiary alicyclic amines) is 1. The fourth-order valence-corrected chi connectivity index (χ4v) is 5.55. The van der Waals surface area contributed by atoms with Gasteiger partial charge < -0.3 is 19.9 Å². The first-order chi connectivity index (χ1) is 16.9. The van der Waals surface area contributed by atoms with E-state index in [1.165, 1.54) is 0 Å². The molecule has 1 saturated heterocycles. The van der Waals surface area contributed by atoms with Crippen LogP contribution < -0.4 is 14.8 Å². The van der Waals surface area contributed by atoms with Gasteiger partial charge in [-0.2, -0.15) is 0 Å². The zero-order chi connectivity index (χ0) is 24.6. The topological polar surface area (TPSA) is 69.6 Å². The zero-order valence-corrected chi connectivity index (χ0v) is 19.9. The van der Waals surface area contributed by atoms with Gasteiger partial charge in [0.15, 0.2) is 11.5 Å². The van der Waals surface area contributed by atoms with E-state index >= 15 is 0 Å². The van der Waals surface area contributed by atoms with Crippen molar-refractivity contribution in [2.24, 2.45) is 4.99 Å². The van der Waals surface area contributed by atoms with Gasteiger partial charge >= 0.3 is 0 Å². The molecule has 192 valence electrons. The number of benzene rings is 1. The van der Waals surface area contributed by atoms with Crippen molar-refractivity contribution in [1.82, 2.24) is 15.1 Å². The highest BCUT2D eigenvalue weighted by Gasteiger charge is 2.43. The summed E-state index contributed by atoms with van der Waals surface area (Å²) in [5.74, 6) is -1.90. The van der Waals surface area contributed by atoms with E-state index in [2.05, 4.69) is 16.3 Å². The lowest BCUT2D eigenvalue weighted by atomic mass is 9.83. The van der Waals surface area contributed by atoms with Gasteiger partial charge in [0.1, 0.15) is 6.61 Å². The summed E-state index contributed by atoms with van der Waals surface area (Å²) in [7, 11) is 0. The maximum atomic E-state index is 14.4. The average molecular weight is 495 g/mol. The number of nitrogens with zero attached hydrogens (tertiary/aromatic N) is 3. The van der Waals surface area contributed by atoms with Crippen LogP contribution >= 0.6 is 0 Å². The van der Waals surface area contributed by atoms with Crippen LogP contribution in [0.4, 0.5) is 13.2 Å². The molecule has 0 radical (unpaired) electrons. The number of ether oxygens (including phenoxy) is 2. The number of aliphatic hydroxyl groups is 1. The van der Waals surface area contributed by atoms with Crippen LogP contribution in [0.2, 0.25) is 0 Å². The van der Waals surface area contributed by atoms with Crippen molar-refractivity contribution in [3.05, 3.63) is 35.0 Å². The second-order valence-electron chi connectivity index (χ2n) is 9.97. The second kappa shape index (κ2) is 9.99. The average Bonchev–Trinajstić information content (AvgIpc) is 3.27. The minimum atomic E-state index is -3.21. The van der Waals surface area contributed by atoms with Crippen LogP contribution in [0.15, 0.2) is 28.9 Å². The fourth-order valence-electron chi connectivity index (χ4n) is 5.55. The van der Waals surface area contributed by atoms with Crippen molar-refractivity contribution in [3.63, 3.8) is 0 Å². The number of nitrogens with one attached hydrogen (secondary N) is 1. The van der Waals surface area contributed by atoms with Crippen LogP contribution in [-0.2, 0) is 6.42 Å². The van der Waals surface area contributed by atoms with Crippen LogP contribution in [0.1, 0.15) is 36.9 Å². The van der Waals surface area contributed by atoms with E-state index in [1.807, 2.05) is 19.1 Å². The highest BCUT2D eigenvalue weighted by Crippen LogP contribution is 2.45. The number of aliphatic hydroxyl groups excluding tert-OH is 1.